The number of aliphatic hydroxyl groups excluding tert-OH is 1. The highest BCUT2D eigenvalue weighted by molar-refractivity contribution is 5.93. The van der Waals surface area contributed by atoms with Crippen LogP contribution in [0.3, 0.4) is 0 Å². The highest BCUT2D eigenvalue weighted by Gasteiger charge is 2.16. The first-order valence-electron chi connectivity index (χ1n) is 7.08. The van der Waals surface area contributed by atoms with Gasteiger partial charge >= 0.3 is 0 Å². The van der Waals surface area contributed by atoms with Crippen LogP contribution < -0.4 is 5.32 Å². The van der Waals surface area contributed by atoms with Gasteiger partial charge in [-0.3, -0.25) is 9.69 Å². The van der Waals surface area contributed by atoms with Crippen molar-refractivity contribution in [2.75, 3.05) is 18.4 Å². The molecule has 0 bridgehead atoms. The Balaban J connectivity index is 2.68. The molecule has 2 N–H and O–H groups in total. The second-order valence-corrected chi connectivity index (χ2v) is 5.74. The molecule has 1 aromatic rings. The maximum absolute atomic E-state index is 12.1. The van der Waals surface area contributed by atoms with Crippen LogP contribution in [-0.2, 0) is 4.79 Å². The van der Waals surface area contributed by atoms with Crippen molar-refractivity contribution in [3.05, 3.63) is 29.3 Å². The number of aliphatic hydroxyl groups is 1. The second kappa shape index (κ2) is 7.41. The van der Waals surface area contributed by atoms with E-state index in [1.807, 2.05) is 50.8 Å². The predicted octanol–water partition coefficient (Wildman–Crippen LogP) is 2.33. The molecule has 112 valence electrons. The van der Waals surface area contributed by atoms with Gasteiger partial charge in [0.2, 0.25) is 5.91 Å². The highest BCUT2D eigenvalue weighted by atomic mass is 16.3. The van der Waals surface area contributed by atoms with Crippen LogP contribution >= 0.6 is 0 Å². The number of aryl methyl sites for hydroxylation is 2. The Labute approximate surface area is 121 Å². The fraction of sp³-hybridized carbons (Fsp3) is 0.562. The lowest BCUT2D eigenvalue weighted by molar-refractivity contribution is -0.118. The summed E-state index contributed by atoms with van der Waals surface area (Å²) in [7, 11) is 0. The maximum atomic E-state index is 12.1. The normalized spacial score (nSPS) is 12.8. The van der Waals surface area contributed by atoms with Crippen LogP contribution in [0.15, 0.2) is 18.2 Å². The van der Waals surface area contributed by atoms with Gasteiger partial charge in [-0.05, 0) is 51.8 Å². The number of rotatable bonds is 6. The van der Waals surface area contributed by atoms with Gasteiger partial charge < -0.3 is 10.4 Å². The van der Waals surface area contributed by atoms with Gasteiger partial charge in [0.15, 0.2) is 0 Å². The Morgan fingerprint density at radius 3 is 2.50 bits per heavy atom. The smallest absolute Gasteiger partial charge is 0.238 e. The van der Waals surface area contributed by atoms with Crippen LogP contribution in [0.1, 0.15) is 31.9 Å². The minimum absolute atomic E-state index is 0.0481. The van der Waals surface area contributed by atoms with Gasteiger partial charge in [0.05, 0.1) is 12.6 Å². The van der Waals surface area contributed by atoms with Crippen molar-refractivity contribution in [1.82, 2.24) is 4.90 Å². The van der Waals surface area contributed by atoms with E-state index in [0.29, 0.717) is 6.54 Å². The first kappa shape index (κ1) is 16.7. The van der Waals surface area contributed by atoms with Gasteiger partial charge in [-0.15, -0.1) is 0 Å². The van der Waals surface area contributed by atoms with E-state index in [9.17, 15) is 9.90 Å². The van der Waals surface area contributed by atoms with Crippen molar-refractivity contribution in [1.29, 1.82) is 0 Å². The summed E-state index contributed by atoms with van der Waals surface area (Å²) in [6, 6.07) is 6.22. The zero-order valence-electron chi connectivity index (χ0n) is 13.1. The topological polar surface area (TPSA) is 52.6 Å². The largest absolute Gasteiger partial charge is 0.392 e. The SMILES string of the molecule is Cc1ccc(C)c(NC(=O)CN(CC(C)O)C(C)C)c1. The number of benzene rings is 1. The molecular formula is C16H26N2O2. The summed E-state index contributed by atoms with van der Waals surface area (Å²) < 4.78 is 0. The standard InChI is InChI=1S/C16H26N2O2/c1-11(2)18(9-14(5)19)10-16(20)17-15-8-12(3)6-7-13(15)4/h6-8,11,14,19H,9-10H2,1-5H3,(H,17,20). The van der Waals surface area contributed by atoms with Crippen molar-refractivity contribution in [3.8, 4) is 0 Å². The summed E-state index contributed by atoms with van der Waals surface area (Å²) >= 11 is 0. The van der Waals surface area contributed by atoms with E-state index in [1.54, 1.807) is 6.92 Å². The van der Waals surface area contributed by atoms with E-state index in [1.165, 1.54) is 0 Å². The molecule has 1 amide bonds. The fourth-order valence-corrected chi connectivity index (χ4v) is 2.04. The zero-order chi connectivity index (χ0) is 15.3. The highest BCUT2D eigenvalue weighted by Crippen LogP contribution is 2.16. The molecule has 0 radical (unpaired) electrons. The molecule has 0 fully saturated rings. The number of carbonyl (C=O) groups excluding carboxylic acids is 1. The average molecular weight is 278 g/mol. The van der Waals surface area contributed by atoms with Crippen molar-refractivity contribution in [3.63, 3.8) is 0 Å². The number of hydrogen-bond acceptors (Lipinski definition) is 3. The van der Waals surface area contributed by atoms with Crippen molar-refractivity contribution in [2.24, 2.45) is 0 Å². The molecule has 1 rings (SSSR count). The van der Waals surface area contributed by atoms with Crippen LogP contribution in [0.2, 0.25) is 0 Å². The molecule has 0 aliphatic carbocycles. The first-order valence-corrected chi connectivity index (χ1v) is 7.08. The maximum Gasteiger partial charge on any atom is 0.238 e. The number of amides is 1. The Bertz CT molecular complexity index is 456. The molecule has 0 aromatic heterocycles. The molecular weight excluding hydrogens is 252 g/mol. The first-order chi connectivity index (χ1) is 9.29. The molecule has 4 nitrogen and oxygen atoms in total. The molecule has 0 aliphatic rings. The summed E-state index contributed by atoms with van der Waals surface area (Å²) in [4.78, 5) is 14.1. The third-order valence-electron chi connectivity index (χ3n) is 3.24. The summed E-state index contributed by atoms with van der Waals surface area (Å²) in [5.41, 5.74) is 3.03. The zero-order valence-corrected chi connectivity index (χ0v) is 13.1. The van der Waals surface area contributed by atoms with Crippen LogP contribution in [0.5, 0.6) is 0 Å². The number of carbonyl (C=O) groups is 1. The van der Waals surface area contributed by atoms with Gasteiger partial charge in [0.25, 0.3) is 0 Å². The molecule has 0 aliphatic heterocycles. The molecule has 0 heterocycles. The Morgan fingerprint density at radius 1 is 1.30 bits per heavy atom. The van der Waals surface area contributed by atoms with Crippen molar-refractivity contribution >= 4 is 11.6 Å². The van der Waals surface area contributed by atoms with Gasteiger partial charge in [-0.25, -0.2) is 0 Å². The molecule has 4 heteroatoms. The van der Waals surface area contributed by atoms with Gasteiger partial charge in [0.1, 0.15) is 0 Å². The summed E-state index contributed by atoms with van der Waals surface area (Å²) in [5.74, 6) is -0.0481. The summed E-state index contributed by atoms with van der Waals surface area (Å²) in [6.07, 6.45) is -0.439. The minimum atomic E-state index is -0.439. The van der Waals surface area contributed by atoms with Gasteiger partial charge in [-0.1, -0.05) is 12.1 Å². The van der Waals surface area contributed by atoms with E-state index in [2.05, 4.69) is 5.32 Å². The fourth-order valence-electron chi connectivity index (χ4n) is 2.04. The molecule has 20 heavy (non-hydrogen) atoms. The number of nitrogens with one attached hydrogen (secondary N) is 1. The van der Waals surface area contributed by atoms with Crippen LogP contribution in [0, 0.1) is 13.8 Å². The van der Waals surface area contributed by atoms with Gasteiger partial charge in [-0.2, -0.15) is 0 Å². The molecule has 1 atom stereocenters. The van der Waals surface area contributed by atoms with Crippen molar-refractivity contribution < 1.29 is 9.90 Å². The molecule has 0 spiro atoms. The third-order valence-corrected chi connectivity index (χ3v) is 3.24. The lowest BCUT2D eigenvalue weighted by Gasteiger charge is -2.27. The van der Waals surface area contributed by atoms with Crippen LogP contribution in [0.4, 0.5) is 5.69 Å². The molecule has 1 unspecified atom stereocenters. The number of anilines is 1. The second-order valence-electron chi connectivity index (χ2n) is 5.74. The Hall–Kier alpha value is -1.39. The predicted molar refractivity (Wildman–Crippen MR) is 82.9 cm³/mol. The van der Waals surface area contributed by atoms with Crippen LogP contribution in [-0.4, -0.2) is 41.1 Å². The van der Waals surface area contributed by atoms with Crippen LogP contribution in [0.25, 0.3) is 0 Å². The number of nitrogens with zero attached hydrogens (tertiary/aromatic N) is 1. The summed E-state index contributed by atoms with van der Waals surface area (Å²) in [6.45, 7) is 10.5. The van der Waals surface area contributed by atoms with E-state index >= 15 is 0 Å². The van der Waals surface area contributed by atoms with Gasteiger partial charge in [0, 0.05) is 18.3 Å². The van der Waals surface area contributed by atoms with E-state index in [0.717, 1.165) is 16.8 Å². The lowest BCUT2D eigenvalue weighted by Crippen LogP contribution is -2.41. The minimum Gasteiger partial charge on any atom is -0.392 e. The average Bonchev–Trinajstić information content (AvgIpc) is 2.32. The molecule has 0 saturated carbocycles. The Kier molecular flexibility index (Phi) is 6.17. The van der Waals surface area contributed by atoms with Crippen molar-refractivity contribution in [2.45, 2.75) is 46.8 Å². The molecule has 1 aromatic carbocycles. The van der Waals surface area contributed by atoms with E-state index in [4.69, 9.17) is 0 Å². The number of hydrogen-bond donors (Lipinski definition) is 2. The van der Waals surface area contributed by atoms with E-state index < -0.39 is 6.10 Å². The summed E-state index contributed by atoms with van der Waals surface area (Å²) in [5, 5.41) is 12.4. The lowest BCUT2D eigenvalue weighted by atomic mass is 10.1. The Morgan fingerprint density at radius 2 is 1.95 bits per heavy atom. The monoisotopic (exact) mass is 278 g/mol. The van der Waals surface area contributed by atoms with E-state index in [-0.39, 0.29) is 18.5 Å². The molecule has 0 saturated heterocycles. The third kappa shape index (κ3) is 5.31. The quantitative estimate of drug-likeness (QED) is 0.839.